The van der Waals surface area contributed by atoms with Gasteiger partial charge in [0.15, 0.2) is 0 Å². The quantitative estimate of drug-likeness (QED) is 0.773. The number of carbonyl (C=O) groups is 2. The minimum Gasteiger partial charge on any atom is -0.336 e. The second-order valence-electron chi connectivity index (χ2n) is 7.22. The molecule has 1 aromatic carbocycles. The number of thiazole rings is 1. The van der Waals surface area contributed by atoms with Crippen LogP contribution in [-0.4, -0.2) is 51.8 Å². The van der Waals surface area contributed by atoms with Crippen LogP contribution in [0, 0.1) is 0 Å². The minimum absolute atomic E-state index is 0.00986. The number of aromatic nitrogens is 1. The van der Waals surface area contributed by atoms with Gasteiger partial charge in [0.25, 0.3) is 5.91 Å². The molecule has 0 aliphatic carbocycles. The lowest BCUT2D eigenvalue weighted by Gasteiger charge is -2.44. The molecule has 5 nitrogen and oxygen atoms in total. The second kappa shape index (κ2) is 7.58. The van der Waals surface area contributed by atoms with E-state index in [9.17, 15) is 9.59 Å². The SMILES string of the molecule is CC(C)=CCC(=O)N1CC(C)N(C(=O)c2ccc3scnc3c2)CC1C. The second-order valence-corrected chi connectivity index (χ2v) is 8.11. The highest BCUT2D eigenvalue weighted by Crippen LogP contribution is 2.23. The van der Waals surface area contributed by atoms with E-state index < -0.39 is 0 Å². The Hall–Kier alpha value is -2.21. The van der Waals surface area contributed by atoms with Crippen molar-refractivity contribution in [2.75, 3.05) is 13.1 Å². The third kappa shape index (κ3) is 3.80. The predicted molar refractivity (Wildman–Crippen MR) is 105 cm³/mol. The van der Waals surface area contributed by atoms with Crippen molar-refractivity contribution in [3.05, 3.63) is 40.9 Å². The number of benzene rings is 1. The fourth-order valence-corrected chi connectivity index (χ4v) is 3.98. The smallest absolute Gasteiger partial charge is 0.254 e. The van der Waals surface area contributed by atoms with Crippen LogP contribution in [0.1, 0.15) is 44.5 Å². The monoisotopic (exact) mass is 371 g/mol. The summed E-state index contributed by atoms with van der Waals surface area (Å²) in [4.78, 5) is 33.6. The molecule has 0 bridgehead atoms. The van der Waals surface area contributed by atoms with E-state index in [4.69, 9.17) is 0 Å². The Morgan fingerprint density at radius 3 is 2.62 bits per heavy atom. The number of fused-ring (bicyclic) bond motifs is 1. The lowest BCUT2D eigenvalue weighted by atomic mass is 10.1. The van der Waals surface area contributed by atoms with Gasteiger partial charge in [0.1, 0.15) is 0 Å². The van der Waals surface area contributed by atoms with Crippen molar-refractivity contribution in [1.82, 2.24) is 14.8 Å². The molecule has 1 saturated heterocycles. The zero-order valence-electron chi connectivity index (χ0n) is 15.7. The molecule has 0 radical (unpaired) electrons. The first kappa shape index (κ1) is 18.6. The molecule has 1 aliphatic rings. The van der Waals surface area contributed by atoms with Gasteiger partial charge in [-0.3, -0.25) is 9.59 Å². The van der Waals surface area contributed by atoms with Crippen molar-refractivity contribution < 1.29 is 9.59 Å². The van der Waals surface area contributed by atoms with E-state index in [2.05, 4.69) is 4.98 Å². The third-order valence-electron chi connectivity index (χ3n) is 4.83. The zero-order chi connectivity index (χ0) is 18.8. The highest BCUT2D eigenvalue weighted by atomic mass is 32.1. The van der Waals surface area contributed by atoms with Gasteiger partial charge in [-0.25, -0.2) is 4.98 Å². The lowest BCUT2D eigenvalue weighted by Crippen LogP contribution is -2.59. The van der Waals surface area contributed by atoms with Gasteiger partial charge in [-0.1, -0.05) is 11.6 Å². The van der Waals surface area contributed by atoms with Crippen LogP contribution in [0.2, 0.25) is 0 Å². The van der Waals surface area contributed by atoms with Crippen LogP contribution in [-0.2, 0) is 4.79 Å². The number of amides is 2. The fraction of sp³-hybridized carbons (Fsp3) is 0.450. The van der Waals surface area contributed by atoms with Crippen LogP contribution >= 0.6 is 11.3 Å². The maximum absolute atomic E-state index is 13.0. The summed E-state index contributed by atoms with van der Waals surface area (Å²) >= 11 is 1.57. The molecule has 138 valence electrons. The van der Waals surface area contributed by atoms with Gasteiger partial charge < -0.3 is 9.80 Å². The van der Waals surface area contributed by atoms with Gasteiger partial charge in [0, 0.05) is 37.2 Å². The normalized spacial score (nSPS) is 20.3. The molecule has 3 rings (SSSR count). The van der Waals surface area contributed by atoms with Crippen LogP contribution < -0.4 is 0 Å². The van der Waals surface area contributed by atoms with E-state index in [1.54, 1.807) is 16.8 Å². The molecule has 1 aromatic heterocycles. The number of carbonyl (C=O) groups excluding carboxylic acids is 2. The van der Waals surface area contributed by atoms with Gasteiger partial charge >= 0.3 is 0 Å². The Bertz CT molecular complexity index is 854. The van der Waals surface area contributed by atoms with Crippen LogP contribution in [0.4, 0.5) is 0 Å². The lowest BCUT2D eigenvalue weighted by molar-refractivity contribution is -0.135. The van der Waals surface area contributed by atoms with Gasteiger partial charge in [0.2, 0.25) is 5.91 Å². The summed E-state index contributed by atoms with van der Waals surface area (Å²) < 4.78 is 1.08. The summed E-state index contributed by atoms with van der Waals surface area (Å²) in [6.45, 7) is 9.13. The predicted octanol–water partition coefficient (Wildman–Crippen LogP) is 3.71. The Balaban J connectivity index is 1.73. The first-order valence-corrected chi connectivity index (χ1v) is 9.82. The average molecular weight is 372 g/mol. The molecule has 26 heavy (non-hydrogen) atoms. The van der Waals surface area contributed by atoms with E-state index in [0.717, 1.165) is 15.8 Å². The number of rotatable bonds is 3. The first-order chi connectivity index (χ1) is 12.4. The summed E-state index contributed by atoms with van der Waals surface area (Å²) in [5.74, 6) is 0.136. The number of piperazine rings is 1. The summed E-state index contributed by atoms with van der Waals surface area (Å²) in [5, 5.41) is 0. The van der Waals surface area contributed by atoms with Crippen molar-refractivity contribution >= 4 is 33.4 Å². The Morgan fingerprint density at radius 2 is 1.88 bits per heavy atom. The van der Waals surface area contributed by atoms with Crippen molar-refractivity contribution in [3.8, 4) is 0 Å². The average Bonchev–Trinajstić information content (AvgIpc) is 3.08. The van der Waals surface area contributed by atoms with Crippen molar-refractivity contribution in [2.45, 2.75) is 46.2 Å². The summed E-state index contributed by atoms with van der Waals surface area (Å²) in [6, 6.07) is 5.68. The molecule has 1 fully saturated rings. The Kier molecular flexibility index (Phi) is 5.41. The van der Waals surface area contributed by atoms with Gasteiger partial charge in [-0.15, -0.1) is 11.3 Å². The van der Waals surface area contributed by atoms with E-state index in [1.165, 1.54) is 0 Å². The summed E-state index contributed by atoms with van der Waals surface area (Å²) in [7, 11) is 0. The van der Waals surface area contributed by atoms with E-state index in [1.807, 2.05) is 61.8 Å². The minimum atomic E-state index is -0.0134. The topological polar surface area (TPSA) is 53.5 Å². The first-order valence-electron chi connectivity index (χ1n) is 8.94. The maximum Gasteiger partial charge on any atom is 0.254 e. The highest BCUT2D eigenvalue weighted by molar-refractivity contribution is 7.16. The molecule has 1 aliphatic heterocycles. The molecule has 0 saturated carbocycles. The molecule has 0 N–H and O–H groups in total. The molecule has 0 spiro atoms. The zero-order valence-corrected chi connectivity index (χ0v) is 16.5. The van der Waals surface area contributed by atoms with E-state index in [-0.39, 0.29) is 23.9 Å². The third-order valence-corrected chi connectivity index (χ3v) is 5.64. The van der Waals surface area contributed by atoms with Crippen LogP contribution in [0.25, 0.3) is 10.2 Å². The summed E-state index contributed by atoms with van der Waals surface area (Å²) in [6.07, 6.45) is 2.38. The van der Waals surface area contributed by atoms with Crippen molar-refractivity contribution in [2.24, 2.45) is 0 Å². The fourth-order valence-electron chi connectivity index (χ4n) is 3.32. The molecule has 6 heteroatoms. The molecule has 2 atom stereocenters. The molecular formula is C20H25N3O2S. The molecule has 2 aromatic rings. The molecule has 2 unspecified atom stereocenters. The van der Waals surface area contributed by atoms with Crippen molar-refractivity contribution in [3.63, 3.8) is 0 Å². The standard InChI is InChI=1S/C20H25N3O2S/c1-13(2)5-8-19(24)22-10-15(4)23(11-14(22)3)20(25)16-6-7-18-17(9-16)21-12-26-18/h5-7,9,12,14-15H,8,10-11H2,1-4H3. The van der Waals surface area contributed by atoms with Crippen LogP contribution in [0.3, 0.4) is 0 Å². The van der Waals surface area contributed by atoms with Crippen molar-refractivity contribution in [1.29, 1.82) is 0 Å². The van der Waals surface area contributed by atoms with Crippen LogP contribution in [0.5, 0.6) is 0 Å². The van der Waals surface area contributed by atoms with E-state index >= 15 is 0 Å². The van der Waals surface area contributed by atoms with Gasteiger partial charge in [0.05, 0.1) is 15.7 Å². The largest absolute Gasteiger partial charge is 0.336 e. The van der Waals surface area contributed by atoms with E-state index in [0.29, 0.717) is 25.1 Å². The van der Waals surface area contributed by atoms with Gasteiger partial charge in [-0.05, 0) is 45.9 Å². The Morgan fingerprint density at radius 1 is 1.19 bits per heavy atom. The number of nitrogens with zero attached hydrogens (tertiary/aromatic N) is 3. The van der Waals surface area contributed by atoms with Gasteiger partial charge in [-0.2, -0.15) is 0 Å². The molecule has 2 amide bonds. The molecule has 2 heterocycles. The number of hydrogen-bond donors (Lipinski definition) is 0. The summed E-state index contributed by atoms with van der Waals surface area (Å²) in [5.41, 5.74) is 4.45. The Labute approximate surface area is 158 Å². The maximum atomic E-state index is 13.0. The highest BCUT2D eigenvalue weighted by Gasteiger charge is 2.34. The number of allylic oxidation sites excluding steroid dienone is 1. The number of hydrogen-bond acceptors (Lipinski definition) is 4. The molecular weight excluding hydrogens is 346 g/mol. The van der Waals surface area contributed by atoms with Crippen LogP contribution in [0.15, 0.2) is 35.4 Å².